The summed E-state index contributed by atoms with van der Waals surface area (Å²) in [5, 5.41) is 3.53. The Bertz CT molecular complexity index is 375. The van der Waals surface area contributed by atoms with Crippen molar-refractivity contribution in [2.45, 2.75) is 52.0 Å². The van der Waals surface area contributed by atoms with E-state index in [2.05, 4.69) is 43.3 Å². The van der Waals surface area contributed by atoms with Crippen LogP contribution in [0.25, 0.3) is 0 Å². The Kier molecular flexibility index (Phi) is 4.76. The molecule has 1 aliphatic carbocycles. The summed E-state index contributed by atoms with van der Waals surface area (Å²) < 4.78 is 0. The molecule has 1 N–H and O–H groups in total. The van der Waals surface area contributed by atoms with Crippen LogP contribution >= 0.6 is 0 Å². The lowest BCUT2D eigenvalue weighted by Gasteiger charge is -2.34. The Labute approximate surface area is 111 Å². The van der Waals surface area contributed by atoms with Gasteiger partial charge in [0.25, 0.3) is 0 Å². The summed E-state index contributed by atoms with van der Waals surface area (Å²) in [5.74, 6) is 1.70. The predicted octanol–water partition coefficient (Wildman–Crippen LogP) is 3.87. The molecule has 3 atom stereocenters. The van der Waals surface area contributed by atoms with E-state index >= 15 is 0 Å². The van der Waals surface area contributed by atoms with Crippen molar-refractivity contribution >= 4 is 0 Å². The number of aryl methyl sites for hydroxylation is 1. The number of pyridine rings is 1. The zero-order chi connectivity index (χ0) is 13.0. The van der Waals surface area contributed by atoms with Gasteiger partial charge in [0, 0.05) is 17.9 Å². The molecule has 0 aliphatic heterocycles. The van der Waals surface area contributed by atoms with Gasteiger partial charge in [-0.3, -0.25) is 4.98 Å². The lowest BCUT2D eigenvalue weighted by molar-refractivity contribution is 0.214. The first-order valence-electron chi connectivity index (χ1n) is 7.35. The van der Waals surface area contributed by atoms with Gasteiger partial charge >= 0.3 is 0 Å². The standard InChI is InChI=1S/C16H26N2/c1-4-13-7-5-8-14(11-13)16(17-3)15-9-6-10-18-12(15)2/h6,9-10,13-14,16-17H,4-5,7-8,11H2,1-3H3. The molecule has 0 bridgehead atoms. The summed E-state index contributed by atoms with van der Waals surface area (Å²) in [5.41, 5.74) is 2.57. The highest BCUT2D eigenvalue weighted by molar-refractivity contribution is 5.23. The maximum Gasteiger partial charge on any atom is 0.0420 e. The summed E-state index contributed by atoms with van der Waals surface area (Å²) in [6.07, 6.45) is 8.77. The molecule has 2 rings (SSSR count). The fourth-order valence-electron chi connectivity index (χ4n) is 3.48. The minimum atomic E-state index is 0.480. The summed E-state index contributed by atoms with van der Waals surface area (Å²) in [6.45, 7) is 4.45. The Balaban J connectivity index is 2.15. The lowest BCUT2D eigenvalue weighted by Crippen LogP contribution is -2.30. The first-order chi connectivity index (χ1) is 8.76. The largest absolute Gasteiger partial charge is 0.313 e. The monoisotopic (exact) mass is 246 g/mol. The molecule has 100 valence electrons. The zero-order valence-electron chi connectivity index (χ0n) is 11.9. The zero-order valence-corrected chi connectivity index (χ0v) is 11.9. The van der Waals surface area contributed by atoms with E-state index < -0.39 is 0 Å². The van der Waals surface area contributed by atoms with Crippen LogP contribution in [0.5, 0.6) is 0 Å². The van der Waals surface area contributed by atoms with E-state index in [1.54, 1.807) is 0 Å². The molecule has 1 heterocycles. The highest BCUT2D eigenvalue weighted by Gasteiger charge is 2.28. The van der Waals surface area contributed by atoms with E-state index in [9.17, 15) is 0 Å². The molecule has 1 aliphatic rings. The first-order valence-corrected chi connectivity index (χ1v) is 7.35. The molecular weight excluding hydrogens is 220 g/mol. The van der Waals surface area contributed by atoms with Crippen molar-refractivity contribution in [2.75, 3.05) is 7.05 Å². The van der Waals surface area contributed by atoms with Crippen molar-refractivity contribution in [3.63, 3.8) is 0 Å². The normalized spacial score (nSPS) is 25.9. The third kappa shape index (κ3) is 2.92. The number of hydrogen-bond acceptors (Lipinski definition) is 2. The van der Waals surface area contributed by atoms with Crippen LogP contribution in [0.1, 0.15) is 56.3 Å². The van der Waals surface area contributed by atoms with Crippen molar-refractivity contribution in [3.05, 3.63) is 29.6 Å². The summed E-state index contributed by atoms with van der Waals surface area (Å²) in [4.78, 5) is 4.44. The van der Waals surface area contributed by atoms with E-state index in [4.69, 9.17) is 0 Å². The SMILES string of the molecule is CCC1CCCC(C(NC)c2cccnc2C)C1. The molecule has 0 amide bonds. The second kappa shape index (κ2) is 6.33. The molecule has 0 aromatic carbocycles. The van der Waals surface area contributed by atoms with Crippen LogP contribution in [0.3, 0.4) is 0 Å². The van der Waals surface area contributed by atoms with Crippen LogP contribution in [0, 0.1) is 18.8 Å². The second-order valence-electron chi connectivity index (χ2n) is 5.65. The Morgan fingerprint density at radius 1 is 1.44 bits per heavy atom. The Morgan fingerprint density at radius 2 is 2.28 bits per heavy atom. The van der Waals surface area contributed by atoms with E-state index in [0.717, 1.165) is 11.8 Å². The number of nitrogens with zero attached hydrogens (tertiary/aromatic N) is 1. The summed E-state index contributed by atoms with van der Waals surface area (Å²) in [6, 6.07) is 4.78. The van der Waals surface area contributed by atoms with Gasteiger partial charge in [-0.05, 0) is 50.3 Å². The minimum absolute atomic E-state index is 0.480. The molecule has 1 fully saturated rings. The van der Waals surface area contributed by atoms with E-state index in [0.29, 0.717) is 6.04 Å². The molecule has 3 unspecified atom stereocenters. The van der Waals surface area contributed by atoms with Gasteiger partial charge < -0.3 is 5.32 Å². The smallest absolute Gasteiger partial charge is 0.0420 e. The van der Waals surface area contributed by atoms with Gasteiger partial charge in [0.15, 0.2) is 0 Å². The topological polar surface area (TPSA) is 24.9 Å². The highest BCUT2D eigenvalue weighted by atomic mass is 14.9. The maximum absolute atomic E-state index is 4.44. The van der Waals surface area contributed by atoms with Gasteiger partial charge in [-0.25, -0.2) is 0 Å². The van der Waals surface area contributed by atoms with Crippen LogP contribution in [-0.4, -0.2) is 12.0 Å². The third-order valence-corrected chi connectivity index (χ3v) is 4.57. The van der Waals surface area contributed by atoms with Crippen LogP contribution in [0.15, 0.2) is 18.3 Å². The number of hydrogen-bond donors (Lipinski definition) is 1. The van der Waals surface area contributed by atoms with Gasteiger partial charge in [-0.2, -0.15) is 0 Å². The molecule has 0 saturated heterocycles. The fraction of sp³-hybridized carbons (Fsp3) is 0.688. The quantitative estimate of drug-likeness (QED) is 0.872. The average molecular weight is 246 g/mol. The van der Waals surface area contributed by atoms with Crippen molar-refractivity contribution in [3.8, 4) is 0 Å². The Hall–Kier alpha value is -0.890. The molecular formula is C16H26N2. The molecule has 1 aromatic heterocycles. The van der Waals surface area contributed by atoms with Crippen LogP contribution in [-0.2, 0) is 0 Å². The highest BCUT2D eigenvalue weighted by Crippen LogP contribution is 2.38. The van der Waals surface area contributed by atoms with E-state index in [1.807, 2.05) is 6.20 Å². The molecule has 0 spiro atoms. The fourth-order valence-corrected chi connectivity index (χ4v) is 3.48. The number of aromatic nitrogens is 1. The lowest BCUT2D eigenvalue weighted by atomic mass is 9.75. The maximum atomic E-state index is 4.44. The summed E-state index contributed by atoms with van der Waals surface area (Å²) in [7, 11) is 2.09. The molecule has 1 saturated carbocycles. The van der Waals surface area contributed by atoms with Gasteiger partial charge in [0.05, 0.1) is 0 Å². The predicted molar refractivity (Wildman–Crippen MR) is 76.5 cm³/mol. The minimum Gasteiger partial charge on any atom is -0.313 e. The molecule has 2 heteroatoms. The second-order valence-corrected chi connectivity index (χ2v) is 5.65. The molecule has 2 nitrogen and oxygen atoms in total. The van der Waals surface area contributed by atoms with Crippen LogP contribution < -0.4 is 5.32 Å². The van der Waals surface area contributed by atoms with Crippen molar-refractivity contribution in [2.24, 2.45) is 11.8 Å². The Morgan fingerprint density at radius 3 is 2.94 bits per heavy atom. The first kappa shape index (κ1) is 13.5. The van der Waals surface area contributed by atoms with Crippen molar-refractivity contribution < 1.29 is 0 Å². The summed E-state index contributed by atoms with van der Waals surface area (Å²) >= 11 is 0. The average Bonchev–Trinajstić information content (AvgIpc) is 2.42. The third-order valence-electron chi connectivity index (χ3n) is 4.57. The van der Waals surface area contributed by atoms with Gasteiger partial charge in [0.1, 0.15) is 0 Å². The van der Waals surface area contributed by atoms with Gasteiger partial charge in [-0.1, -0.05) is 32.3 Å². The van der Waals surface area contributed by atoms with Crippen molar-refractivity contribution in [1.82, 2.24) is 10.3 Å². The number of rotatable bonds is 4. The van der Waals surface area contributed by atoms with Crippen molar-refractivity contribution in [1.29, 1.82) is 0 Å². The van der Waals surface area contributed by atoms with Crippen LogP contribution in [0.4, 0.5) is 0 Å². The van der Waals surface area contributed by atoms with E-state index in [-0.39, 0.29) is 0 Å². The number of nitrogens with one attached hydrogen (secondary N) is 1. The van der Waals surface area contributed by atoms with Gasteiger partial charge in [-0.15, -0.1) is 0 Å². The van der Waals surface area contributed by atoms with Crippen LogP contribution in [0.2, 0.25) is 0 Å². The van der Waals surface area contributed by atoms with Gasteiger partial charge in [0.2, 0.25) is 0 Å². The molecule has 0 radical (unpaired) electrons. The molecule has 1 aromatic rings. The van der Waals surface area contributed by atoms with E-state index in [1.165, 1.54) is 43.4 Å². The molecule has 18 heavy (non-hydrogen) atoms.